The van der Waals surface area contributed by atoms with Crippen molar-refractivity contribution in [3.8, 4) is 0 Å². The molecule has 1 aromatic heterocycles. The van der Waals surface area contributed by atoms with Gasteiger partial charge in [0.1, 0.15) is 4.47 Å². The van der Waals surface area contributed by atoms with Gasteiger partial charge in [0.25, 0.3) is 11.5 Å². The molecule has 1 aromatic carbocycles. The number of carbonyl (C=O) groups is 1. The third-order valence-corrected chi connectivity index (χ3v) is 5.36. The Morgan fingerprint density at radius 3 is 2.72 bits per heavy atom. The molecule has 6 nitrogen and oxygen atoms in total. The Labute approximate surface area is 159 Å². The first-order valence-electron chi connectivity index (χ1n) is 7.99. The minimum absolute atomic E-state index is 0.0615. The minimum atomic E-state index is -0.175. The van der Waals surface area contributed by atoms with E-state index in [1.54, 1.807) is 25.4 Å². The topological polar surface area (TPSA) is 58.4 Å². The van der Waals surface area contributed by atoms with Gasteiger partial charge in [-0.25, -0.2) is 4.68 Å². The highest BCUT2D eigenvalue weighted by Crippen LogP contribution is 2.24. The number of amides is 1. The molecule has 0 spiro atoms. The average molecular weight is 426 g/mol. The standard InChI is InChI=1S/C17H18BrClN4O2/c1-21-17(25)15(18)14(11-20-21)22-7-4-8-23(10-9-22)16(24)12-5-2-3-6-13(12)19/h2-3,5-6,11H,4,7-10H2,1H3. The van der Waals surface area contributed by atoms with E-state index in [0.29, 0.717) is 34.7 Å². The maximum atomic E-state index is 12.7. The van der Waals surface area contributed by atoms with Crippen LogP contribution in [0.2, 0.25) is 5.02 Å². The molecule has 132 valence electrons. The number of halogens is 2. The molecule has 3 rings (SSSR count). The first kappa shape index (κ1) is 17.9. The van der Waals surface area contributed by atoms with Gasteiger partial charge in [0.15, 0.2) is 0 Å². The van der Waals surface area contributed by atoms with Crippen molar-refractivity contribution >= 4 is 39.1 Å². The van der Waals surface area contributed by atoms with Crippen molar-refractivity contribution in [2.24, 2.45) is 7.05 Å². The average Bonchev–Trinajstić information content (AvgIpc) is 2.86. The Balaban J connectivity index is 1.77. The van der Waals surface area contributed by atoms with Gasteiger partial charge in [0.05, 0.1) is 22.5 Å². The summed E-state index contributed by atoms with van der Waals surface area (Å²) in [5, 5.41) is 4.56. The predicted octanol–water partition coefficient (Wildman–Crippen LogP) is 2.55. The Morgan fingerprint density at radius 1 is 1.20 bits per heavy atom. The van der Waals surface area contributed by atoms with Crippen LogP contribution < -0.4 is 10.5 Å². The molecule has 25 heavy (non-hydrogen) atoms. The van der Waals surface area contributed by atoms with Crippen molar-refractivity contribution in [3.63, 3.8) is 0 Å². The zero-order chi connectivity index (χ0) is 18.0. The molecular weight excluding hydrogens is 408 g/mol. The smallest absolute Gasteiger partial charge is 0.282 e. The van der Waals surface area contributed by atoms with Crippen molar-refractivity contribution in [1.29, 1.82) is 0 Å². The second kappa shape index (κ2) is 7.58. The zero-order valence-electron chi connectivity index (χ0n) is 13.8. The van der Waals surface area contributed by atoms with Crippen LogP contribution in [0.5, 0.6) is 0 Å². The molecule has 0 bridgehead atoms. The highest BCUT2D eigenvalue weighted by Gasteiger charge is 2.23. The lowest BCUT2D eigenvalue weighted by Crippen LogP contribution is -2.36. The molecule has 1 fully saturated rings. The molecule has 0 unspecified atom stereocenters. The molecule has 1 aliphatic heterocycles. The van der Waals surface area contributed by atoms with E-state index in [1.807, 2.05) is 17.0 Å². The fourth-order valence-electron chi connectivity index (χ4n) is 2.89. The van der Waals surface area contributed by atoms with Crippen molar-refractivity contribution in [2.75, 3.05) is 31.1 Å². The summed E-state index contributed by atoms with van der Waals surface area (Å²) < 4.78 is 1.79. The SMILES string of the molecule is Cn1ncc(N2CCCN(C(=O)c3ccccc3Cl)CC2)c(Br)c1=O. The molecule has 2 heterocycles. The van der Waals surface area contributed by atoms with Crippen LogP contribution >= 0.6 is 27.5 Å². The maximum absolute atomic E-state index is 12.7. The normalized spacial score (nSPS) is 15.2. The molecule has 8 heteroatoms. The lowest BCUT2D eigenvalue weighted by molar-refractivity contribution is 0.0767. The third-order valence-electron chi connectivity index (χ3n) is 4.29. The van der Waals surface area contributed by atoms with E-state index in [2.05, 4.69) is 25.9 Å². The predicted molar refractivity (Wildman–Crippen MR) is 101 cm³/mol. The molecule has 0 saturated carbocycles. The molecule has 0 radical (unpaired) electrons. The van der Waals surface area contributed by atoms with Gasteiger partial charge in [-0.2, -0.15) is 5.10 Å². The van der Waals surface area contributed by atoms with Crippen LogP contribution in [0.4, 0.5) is 5.69 Å². The van der Waals surface area contributed by atoms with E-state index in [0.717, 1.165) is 18.7 Å². The summed E-state index contributed by atoms with van der Waals surface area (Å²) in [6.07, 6.45) is 2.48. The fraction of sp³-hybridized carbons (Fsp3) is 0.353. The maximum Gasteiger partial charge on any atom is 0.282 e. The van der Waals surface area contributed by atoms with Gasteiger partial charge in [0, 0.05) is 33.2 Å². The third kappa shape index (κ3) is 3.72. The Morgan fingerprint density at radius 2 is 1.96 bits per heavy atom. The summed E-state index contributed by atoms with van der Waals surface area (Å²) in [4.78, 5) is 28.7. The molecular formula is C17H18BrClN4O2. The van der Waals surface area contributed by atoms with Crippen molar-refractivity contribution in [3.05, 3.63) is 55.9 Å². The van der Waals surface area contributed by atoms with E-state index < -0.39 is 0 Å². The fourth-order valence-corrected chi connectivity index (χ4v) is 3.72. The monoisotopic (exact) mass is 424 g/mol. The first-order chi connectivity index (χ1) is 12.0. The second-order valence-electron chi connectivity index (χ2n) is 5.89. The Bertz CT molecular complexity index is 855. The summed E-state index contributed by atoms with van der Waals surface area (Å²) >= 11 is 9.52. The van der Waals surface area contributed by atoms with E-state index >= 15 is 0 Å². The lowest BCUT2D eigenvalue weighted by Gasteiger charge is -2.24. The number of aryl methyl sites for hydroxylation is 1. The van der Waals surface area contributed by atoms with Crippen LogP contribution in [-0.4, -0.2) is 46.8 Å². The number of benzene rings is 1. The van der Waals surface area contributed by atoms with E-state index in [-0.39, 0.29) is 11.5 Å². The van der Waals surface area contributed by atoms with Gasteiger partial charge in [-0.05, 0) is 34.5 Å². The van der Waals surface area contributed by atoms with Gasteiger partial charge >= 0.3 is 0 Å². The lowest BCUT2D eigenvalue weighted by atomic mass is 10.2. The molecule has 2 aromatic rings. The molecule has 1 aliphatic rings. The summed E-state index contributed by atoms with van der Waals surface area (Å²) in [5.41, 5.74) is 1.11. The van der Waals surface area contributed by atoms with Crippen molar-refractivity contribution in [1.82, 2.24) is 14.7 Å². The molecule has 1 amide bonds. The first-order valence-corrected chi connectivity index (χ1v) is 9.16. The van der Waals surface area contributed by atoms with Gasteiger partial charge in [-0.15, -0.1) is 0 Å². The zero-order valence-corrected chi connectivity index (χ0v) is 16.1. The number of nitrogens with zero attached hydrogens (tertiary/aromatic N) is 4. The van der Waals surface area contributed by atoms with Gasteiger partial charge in [0.2, 0.25) is 0 Å². The number of anilines is 1. The summed E-state index contributed by atoms with van der Waals surface area (Å²) in [6, 6.07) is 7.09. The molecule has 0 N–H and O–H groups in total. The van der Waals surface area contributed by atoms with Gasteiger partial charge in [-0.1, -0.05) is 23.7 Å². The molecule has 1 saturated heterocycles. The summed E-state index contributed by atoms with van der Waals surface area (Å²) in [6.45, 7) is 2.59. The number of hydrogen-bond acceptors (Lipinski definition) is 4. The minimum Gasteiger partial charge on any atom is -0.367 e. The number of hydrogen-bond donors (Lipinski definition) is 0. The van der Waals surface area contributed by atoms with Gasteiger partial charge < -0.3 is 9.80 Å². The van der Waals surface area contributed by atoms with E-state index in [4.69, 9.17) is 11.6 Å². The van der Waals surface area contributed by atoms with Crippen LogP contribution in [0.15, 0.2) is 39.7 Å². The second-order valence-corrected chi connectivity index (χ2v) is 7.09. The van der Waals surface area contributed by atoms with Crippen molar-refractivity contribution < 1.29 is 4.79 Å². The van der Waals surface area contributed by atoms with Crippen LogP contribution in [0.3, 0.4) is 0 Å². The van der Waals surface area contributed by atoms with Crippen molar-refractivity contribution in [2.45, 2.75) is 6.42 Å². The Hall–Kier alpha value is -1.86. The van der Waals surface area contributed by atoms with E-state index in [1.165, 1.54) is 4.68 Å². The highest BCUT2D eigenvalue weighted by molar-refractivity contribution is 9.10. The van der Waals surface area contributed by atoms with Crippen LogP contribution in [0.25, 0.3) is 0 Å². The number of carbonyl (C=O) groups excluding carboxylic acids is 1. The highest BCUT2D eigenvalue weighted by atomic mass is 79.9. The number of rotatable bonds is 2. The van der Waals surface area contributed by atoms with Crippen LogP contribution in [0.1, 0.15) is 16.8 Å². The van der Waals surface area contributed by atoms with E-state index in [9.17, 15) is 9.59 Å². The molecule has 0 atom stereocenters. The Kier molecular flexibility index (Phi) is 5.44. The largest absolute Gasteiger partial charge is 0.367 e. The van der Waals surface area contributed by atoms with Gasteiger partial charge in [-0.3, -0.25) is 9.59 Å². The quantitative estimate of drug-likeness (QED) is 0.742. The molecule has 0 aliphatic carbocycles. The number of aromatic nitrogens is 2. The summed E-state index contributed by atoms with van der Waals surface area (Å²) in [5.74, 6) is -0.0615. The van der Waals surface area contributed by atoms with Crippen LogP contribution in [-0.2, 0) is 7.05 Å². The summed E-state index contributed by atoms with van der Waals surface area (Å²) in [7, 11) is 1.61. The van der Waals surface area contributed by atoms with Crippen LogP contribution in [0, 0.1) is 0 Å².